The lowest BCUT2D eigenvalue weighted by molar-refractivity contribution is 0.621. The van der Waals surface area contributed by atoms with Gasteiger partial charge in [-0.05, 0) is 52.8 Å². The van der Waals surface area contributed by atoms with E-state index in [9.17, 15) is 4.39 Å². The molecule has 0 saturated heterocycles. The Hall–Kier alpha value is -1.01. The number of rotatable bonds is 2. The maximum absolute atomic E-state index is 12.9. The zero-order chi connectivity index (χ0) is 11.4. The minimum atomic E-state index is -0.311. The van der Waals surface area contributed by atoms with Crippen molar-refractivity contribution >= 4 is 39.0 Å². The first-order valence-corrected chi connectivity index (χ1v) is 5.26. The topological polar surface area (TPSA) is 50.4 Å². The van der Waals surface area contributed by atoms with E-state index in [4.69, 9.17) is 5.73 Å². The van der Waals surface area contributed by atoms with E-state index >= 15 is 0 Å². The van der Waals surface area contributed by atoms with Crippen LogP contribution in [-0.4, -0.2) is 10.8 Å². The smallest absolute Gasteiger partial charge is 0.184 e. The molecule has 0 spiro atoms. The summed E-state index contributed by atoms with van der Waals surface area (Å²) in [6, 6.07) is 4.62. The van der Waals surface area contributed by atoms with Crippen LogP contribution in [-0.2, 0) is 0 Å². The third-order valence-electron chi connectivity index (χ3n) is 1.67. The van der Waals surface area contributed by atoms with E-state index in [0.717, 1.165) is 5.56 Å². The van der Waals surface area contributed by atoms with Crippen LogP contribution in [0.2, 0.25) is 0 Å². The van der Waals surface area contributed by atoms with Crippen LogP contribution >= 0.6 is 28.1 Å². The van der Waals surface area contributed by atoms with Gasteiger partial charge in [-0.2, -0.15) is 5.10 Å². The van der Waals surface area contributed by atoms with E-state index in [1.807, 2.05) is 0 Å². The van der Waals surface area contributed by atoms with Crippen molar-refractivity contribution in [1.29, 1.82) is 0 Å². The molecule has 0 aliphatic rings. The van der Waals surface area contributed by atoms with Crippen molar-refractivity contribution < 1.29 is 4.39 Å². The Balaban J connectivity index is 2.91. The summed E-state index contributed by atoms with van der Waals surface area (Å²) in [5.41, 5.74) is 9.14. The number of halogens is 2. The van der Waals surface area contributed by atoms with Gasteiger partial charge in [-0.1, -0.05) is 6.07 Å². The molecule has 0 amide bonds. The van der Waals surface area contributed by atoms with Crippen molar-refractivity contribution in [1.82, 2.24) is 5.43 Å². The lowest BCUT2D eigenvalue weighted by Gasteiger charge is -2.03. The number of nitrogens with two attached hydrogens (primary N) is 1. The molecule has 0 aliphatic heterocycles. The maximum atomic E-state index is 12.9. The highest BCUT2D eigenvalue weighted by Crippen LogP contribution is 2.17. The first kappa shape index (κ1) is 12.1. The van der Waals surface area contributed by atoms with E-state index in [1.54, 1.807) is 19.1 Å². The van der Waals surface area contributed by atoms with Crippen LogP contribution in [0.5, 0.6) is 0 Å². The SMILES string of the molecule is CC(=NNC(N)=S)c1ccc(F)c(Br)c1. The fourth-order valence-corrected chi connectivity index (χ4v) is 1.35. The monoisotopic (exact) mass is 289 g/mol. The summed E-state index contributed by atoms with van der Waals surface area (Å²) < 4.78 is 13.3. The highest BCUT2D eigenvalue weighted by molar-refractivity contribution is 9.10. The van der Waals surface area contributed by atoms with Crippen molar-refractivity contribution in [3.63, 3.8) is 0 Å². The van der Waals surface area contributed by atoms with Gasteiger partial charge in [0.2, 0.25) is 0 Å². The van der Waals surface area contributed by atoms with Crippen LogP contribution in [0, 0.1) is 5.82 Å². The summed E-state index contributed by atoms with van der Waals surface area (Å²) in [4.78, 5) is 0. The highest BCUT2D eigenvalue weighted by Gasteiger charge is 2.02. The van der Waals surface area contributed by atoms with Crippen LogP contribution in [0.4, 0.5) is 4.39 Å². The van der Waals surface area contributed by atoms with Gasteiger partial charge in [0.05, 0.1) is 10.2 Å². The van der Waals surface area contributed by atoms with Gasteiger partial charge in [0.15, 0.2) is 5.11 Å². The normalized spacial score (nSPS) is 11.3. The molecule has 3 N–H and O–H groups in total. The molecule has 0 atom stereocenters. The number of hydrogen-bond donors (Lipinski definition) is 2. The Bertz CT molecular complexity index is 420. The number of hydrogen-bond acceptors (Lipinski definition) is 2. The van der Waals surface area contributed by atoms with Gasteiger partial charge < -0.3 is 5.73 Å². The fourth-order valence-electron chi connectivity index (χ4n) is 0.925. The molecule has 15 heavy (non-hydrogen) atoms. The molecule has 0 heterocycles. The lowest BCUT2D eigenvalue weighted by Crippen LogP contribution is -2.25. The quantitative estimate of drug-likeness (QED) is 0.498. The molecular weight excluding hydrogens is 281 g/mol. The lowest BCUT2D eigenvalue weighted by atomic mass is 10.1. The second-order valence-electron chi connectivity index (χ2n) is 2.80. The third kappa shape index (κ3) is 3.56. The Labute approximate surface area is 101 Å². The molecule has 0 radical (unpaired) electrons. The van der Waals surface area contributed by atoms with E-state index < -0.39 is 0 Å². The van der Waals surface area contributed by atoms with Crippen LogP contribution in [0.25, 0.3) is 0 Å². The average molecular weight is 290 g/mol. The van der Waals surface area contributed by atoms with Crippen LogP contribution in [0.1, 0.15) is 12.5 Å². The molecule has 0 fully saturated rings. The number of hydrazone groups is 1. The van der Waals surface area contributed by atoms with E-state index in [1.165, 1.54) is 6.07 Å². The van der Waals surface area contributed by atoms with Crippen LogP contribution in [0.3, 0.4) is 0 Å². The van der Waals surface area contributed by atoms with E-state index in [-0.39, 0.29) is 10.9 Å². The molecule has 1 aromatic carbocycles. The Morgan fingerprint density at radius 3 is 2.80 bits per heavy atom. The van der Waals surface area contributed by atoms with E-state index in [0.29, 0.717) is 10.2 Å². The van der Waals surface area contributed by atoms with Gasteiger partial charge in [0, 0.05) is 0 Å². The predicted molar refractivity (Wildman–Crippen MR) is 66.2 cm³/mol. The molecule has 1 rings (SSSR count). The van der Waals surface area contributed by atoms with Gasteiger partial charge in [0.25, 0.3) is 0 Å². The van der Waals surface area contributed by atoms with E-state index in [2.05, 4.69) is 38.7 Å². The standard InChI is InChI=1S/C9H9BrFN3S/c1-5(13-14-9(12)15)6-2-3-8(11)7(10)4-6/h2-4H,1H3,(H3,12,14,15). The molecule has 0 unspecified atom stereocenters. The summed E-state index contributed by atoms with van der Waals surface area (Å²) >= 11 is 7.69. The van der Waals surface area contributed by atoms with Crippen LogP contribution in [0.15, 0.2) is 27.8 Å². The molecule has 0 bridgehead atoms. The maximum Gasteiger partial charge on any atom is 0.184 e. The summed E-state index contributed by atoms with van der Waals surface area (Å²) in [6.07, 6.45) is 0. The molecule has 1 aromatic rings. The van der Waals surface area contributed by atoms with Crippen molar-refractivity contribution in [3.8, 4) is 0 Å². The molecular formula is C9H9BrFN3S. The van der Waals surface area contributed by atoms with Gasteiger partial charge >= 0.3 is 0 Å². The molecule has 6 heteroatoms. The first-order valence-electron chi connectivity index (χ1n) is 4.06. The Morgan fingerprint density at radius 1 is 1.60 bits per heavy atom. The second-order valence-corrected chi connectivity index (χ2v) is 4.10. The molecule has 0 aromatic heterocycles. The predicted octanol–water partition coefficient (Wildman–Crippen LogP) is 2.15. The Kier molecular flexibility index (Phi) is 4.16. The van der Waals surface area contributed by atoms with Gasteiger partial charge in [-0.15, -0.1) is 0 Å². The number of benzene rings is 1. The molecule has 3 nitrogen and oxygen atoms in total. The number of nitrogens with one attached hydrogen (secondary N) is 1. The first-order chi connectivity index (χ1) is 7.00. The average Bonchev–Trinajstić information content (AvgIpc) is 2.18. The van der Waals surface area contributed by atoms with Crippen molar-refractivity contribution in [3.05, 3.63) is 34.1 Å². The summed E-state index contributed by atoms with van der Waals surface area (Å²) in [5.74, 6) is -0.311. The van der Waals surface area contributed by atoms with Gasteiger partial charge in [-0.3, -0.25) is 5.43 Å². The number of thiocarbonyl (C=S) groups is 1. The summed E-state index contributed by atoms with van der Waals surface area (Å²) in [6.45, 7) is 1.77. The molecule has 0 aliphatic carbocycles. The summed E-state index contributed by atoms with van der Waals surface area (Å²) in [7, 11) is 0. The zero-order valence-corrected chi connectivity index (χ0v) is 10.3. The highest BCUT2D eigenvalue weighted by atomic mass is 79.9. The fraction of sp³-hybridized carbons (Fsp3) is 0.111. The molecule has 80 valence electrons. The molecule has 0 saturated carbocycles. The second kappa shape index (κ2) is 5.18. The van der Waals surface area contributed by atoms with Gasteiger partial charge in [-0.25, -0.2) is 4.39 Å². The largest absolute Gasteiger partial charge is 0.375 e. The third-order valence-corrected chi connectivity index (χ3v) is 2.37. The summed E-state index contributed by atoms with van der Waals surface area (Å²) in [5, 5.41) is 4.01. The van der Waals surface area contributed by atoms with Crippen molar-refractivity contribution in [2.75, 3.05) is 0 Å². The minimum Gasteiger partial charge on any atom is -0.375 e. The zero-order valence-electron chi connectivity index (χ0n) is 7.92. The minimum absolute atomic E-state index is 0.0931. The van der Waals surface area contributed by atoms with Gasteiger partial charge in [0.1, 0.15) is 5.82 Å². The van der Waals surface area contributed by atoms with Crippen molar-refractivity contribution in [2.24, 2.45) is 10.8 Å². The number of nitrogens with zero attached hydrogens (tertiary/aromatic N) is 1. The Morgan fingerprint density at radius 2 is 2.27 bits per heavy atom. The van der Waals surface area contributed by atoms with Crippen LogP contribution < -0.4 is 11.2 Å². The van der Waals surface area contributed by atoms with Crippen molar-refractivity contribution in [2.45, 2.75) is 6.92 Å².